The molecule has 2 unspecified atom stereocenters. The number of carbonyl (C=O) groups excluding carboxylic acids is 3. The quantitative estimate of drug-likeness (QED) is 0.279. The highest BCUT2D eigenvalue weighted by molar-refractivity contribution is 6.06. The highest BCUT2D eigenvalue weighted by Gasteiger charge is 2.38. The number of hydrogen-bond donors (Lipinski definition) is 5. The number of hydrogen-bond acceptors (Lipinski definition) is 6. The number of amides is 4. The van der Waals surface area contributed by atoms with Crippen LogP contribution in [0.1, 0.15) is 19.8 Å². The maximum absolute atomic E-state index is 12.4. The van der Waals surface area contributed by atoms with Crippen LogP contribution in [0.5, 0.6) is 0 Å². The van der Waals surface area contributed by atoms with Gasteiger partial charge >= 0.3 is 12.0 Å². The van der Waals surface area contributed by atoms with E-state index in [9.17, 15) is 19.2 Å². The van der Waals surface area contributed by atoms with E-state index in [1.54, 1.807) is 0 Å². The molecule has 2 aromatic rings. The molecule has 1 aromatic heterocycles. The van der Waals surface area contributed by atoms with Crippen molar-refractivity contribution in [3.63, 3.8) is 0 Å². The fourth-order valence-corrected chi connectivity index (χ4v) is 3.03. The summed E-state index contributed by atoms with van der Waals surface area (Å²) in [5.74, 6) is -2.22. The summed E-state index contributed by atoms with van der Waals surface area (Å²) in [6.45, 7) is 1.48. The molecule has 0 spiro atoms. The molecule has 2 atom stereocenters. The normalized spacial score (nSPS) is 17.1. The minimum absolute atomic E-state index is 0.0747. The van der Waals surface area contributed by atoms with Gasteiger partial charge in [0.05, 0.1) is 17.0 Å². The molecule has 0 bridgehead atoms. The summed E-state index contributed by atoms with van der Waals surface area (Å²) in [7, 11) is 0. The Kier molecular flexibility index (Phi) is 6.50. The van der Waals surface area contributed by atoms with Crippen LogP contribution in [-0.4, -0.2) is 69.5 Å². The maximum atomic E-state index is 12.4. The van der Waals surface area contributed by atoms with Crippen LogP contribution >= 0.6 is 0 Å². The van der Waals surface area contributed by atoms with Gasteiger partial charge in [-0.3, -0.25) is 19.3 Å². The number of carbonyl (C=O) groups is 4. The second-order valence-electron chi connectivity index (χ2n) is 7.14. The molecule has 1 aliphatic rings. The van der Waals surface area contributed by atoms with E-state index in [0.29, 0.717) is 25.3 Å². The highest BCUT2D eigenvalue weighted by Crippen LogP contribution is 2.14. The molecule has 1 fully saturated rings. The van der Waals surface area contributed by atoms with Crippen LogP contribution in [0, 0.1) is 5.92 Å². The Bertz CT molecular complexity index is 925. The fourth-order valence-electron chi connectivity index (χ4n) is 3.03. The summed E-state index contributed by atoms with van der Waals surface area (Å²) in [6.07, 6.45) is 1.01. The van der Waals surface area contributed by atoms with Gasteiger partial charge in [-0.25, -0.2) is 9.78 Å². The SMILES string of the molecule is CC(CNC(=O)CN1C(=O)NC(CCCNc2nc3ccccc3[nH]2)C1=O)C(=O)O. The van der Waals surface area contributed by atoms with E-state index in [1.165, 1.54) is 6.92 Å². The lowest BCUT2D eigenvalue weighted by atomic mass is 10.1. The third-order valence-electron chi connectivity index (χ3n) is 4.79. The monoisotopic (exact) mass is 416 g/mol. The third-order valence-corrected chi connectivity index (χ3v) is 4.79. The van der Waals surface area contributed by atoms with Gasteiger partial charge in [-0.1, -0.05) is 19.1 Å². The van der Waals surface area contributed by atoms with Gasteiger partial charge in [0.25, 0.3) is 5.91 Å². The topological polar surface area (TPSA) is 157 Å². The molecule has 3 rings (SSSR count). The summed E-state index contributed by atoms with van der Waals surface area (Å²) >= 11 is 0. The summed E-state index contributed by atoms with van der Waals surface area (Å²) in [4.78, 5) is 55.5. The largest absolute Gasteiger partial charge is 0.481 e. The Morgan fingerprint density at radius 2 is 2.07 bits per heavy atom. The van der Waals surface area contributed by atoms with Gasteiger partial charge in [0.1, 0.15) is 12.6 Å². The molecule has 0 aliphatic carbocycles. The number of aromatic nitrogens is 2. The zero-order chi connectivity index (χ0) is 21.7. The van der Waals surface area contributed by atoms with Crippen molar-refractivity contribution in [1.82, 2.24) is 25.5 Å². The molecule has 5 N–H and O–H groups in total. The number of fused-ring (bicyclic) bond motifs is 1. The highest BCUT2D eigenvalue weighted by atomic mass is 16.4. The Morgan fingerprint density at radius 1 is 1.30 bits per heavy atom. The number of imide groups is 1. The molecule has 4 amide bonds. The van der Waals surface area contributed by atoms with Crippen molar-refractivity contribution in [3.8, 4) is 0 Å². The lowest BCUT2D eigenvalue weighted by Gasteiger charge is -2.14. The lowest BCUT2D eigenvalue weighted by molar-refractivity contribution is -0.141. The summed E-state index contributed by atoms with van der Waals surface area (Å²) < 4.78 is 0. The van der Waals surface area contributed by atoms with Gasteiger partial charge in [-0.05, 0) is 25.0 Å². The number of aliphatic carboxylic acids is 1. The number of imidazole rings is 1. The fraction of sp³-hybridized carbons (Fsp3) is 0.421. The first-order valence-electron chi connectivity index (χ1n) is 9.65. The number of carboxylic acid groups (broad SMARTS) is 1. The first-order valence-corrected chi connectivity index (χ1v) is 9.65. The minimum Gasteiger partial charge on any atom is -0.481 e. The van der Waals surface area contributed by atoms with Crippen LogP contribution in [0.4, 0.5) is 10.7 Å². The molecule has 11 heteroatoms. The molecular formula is C19H24N6O5. The molecule has 0 radical (unpaired) electrons. The first kappa shape index (κ1) is 21.1. The van der Waals surface area contributed by atoms with Crippen molar-refractivity contribution in [2.45, 2.75) is 25.8 Å². The second kappa shape index (κ2) is 9.25. The van der Waals surface area contributed by atoms with Gasteiger partial charge in [-0.15, -0.1) is 0 Å². The summed E-state index contributed by atoms with van der Waals surface area (Å²) in [6, 6.07) is 6.32. The lowest BCUT2D eigenvalue weighted by Crippen LogP contribution is -2.42. The van der Waals surface area contributed by atoms with Crippen molar-refractivity contribution in [2.75, 3.05) is 25.0 Å². The Labute approximate surface area is 172 Å². The predicted octanol–water partition coefficient (Wildman–Crippen LogP) is 0.512. The zero-order valence-corrected chi connectivity index (χ0v) is 16.5. The minimum atomic E-state index is -1.04. The van der Waals surface area contributed by atoms with Crippen LogP contribution in [-0.2, 0) is 14.4 Å². The van der Waals surface area contributed by atoms with Crippen molar-refractivity contribution in [2.24, 2.45) is 5.92 Å². The third kappa shape index (κ3) is 5.04. The average Bonchev–Trinajstić information content (AvgIpc) is 3.24. The molecule has 0 saturated carbocycles. The van der Waals surface area contributed by atoms with Gasteiger partial charge in [0.2, 0.25) is 11.9 Å². The Morgan fingerprint density at radius 3 is 2.80 bits per heavy atom. The molecule has 1 aliphatic heterocycles. The van der Waals surface area contributed by atoms with E-state index in [-0.39, 0.29) is 6.54 Å². The van der Waals surface area contributed by atoms with Crippen molar-refractivity contribution < 1.29 is 24.3 Å². The maximum Gasteiger partial charge on any atom is 0.325 e. The van der Waals surface area contributed by atoms with Crippen LogP contribution in [0.15, 0.2) is 24.3 Å². The van der Waals surface area contributed by atoms with Gasteiger partial charge in [0.15, 0.2) is 0 Å². The average molecular weight is 416 g/mol. The van der Waals surface area contributed by atoms with E-state index in [4.69, 9.17) is 5.11 Å². The molecule has 2 heterocycles. The number of H-pyrrole nitrogens is 1. The number of para-hydroxylation sites is 2. The van der Waals surface area contributed by atoms with E-state index in [0.717, 1.165) is 15.9 Å². The van der Waals surface area contributed by atoms with Gasteiger partial charge < -0.3 is 26.0 Å². The molecule has 1 saturated heterocycles. The van der Waals surface area contributed by atoms with Crippen LogP contribution in [0.2, 0.25) is 0 Å². The zero-order valence-electron chi connectivity index (χ0n) is 16.5. The van der Waals surface area contributed by atoms with Crippen molar-refractivity contribution >= 4 is 40.8 Å². The van der Waals surface area contributed by atoms with Crippen LogP contribution < -0.4 is 16.0 Å². The summed E-state index contributed by atoms with van der Waals surface area (Å²) in [5.41, 5.74) is 1.77. The molecule has 11 nitrogen and oxygen atoms in total. The number of carboxylic acids is 1. The number of aromatic amines is 1. The number of urea groups is 1. The van der Waals surface area contributed by atoms with Crippen molar-refractivity contribution in [3.05, 3.63) is 24.3 Å². The van der Waals surface area contributed by atoms with Gasteiger partial charge in [-0.2, -0.15) is 0 Å². The van der Waals surface area contributed by atoms with E-state index >= 15 is 0 Å². The smallest absolute Gasteiger partial charge is 0.325 e. The van der Waals surface area contributed by atoms with Crippen molar-refractivity contribution in [1.29, 1.82) is 0 Å². The number of nitrogens with zero attached hydrogens (tertiary/aromatic N) is 2. The van der Waals surface area contributed by atoms with Gasteiger partial charge in [0, 0.05) is 13.1 Å². The number of anilines is 1. The predicted molar refractivity (Wildman–Crippen MR) is 108 cm³/mol. The number of benzene rings is 1. The number of rotatable bonds is 10. The molecule has 160 valence electrons. The second-order valence-corrected chi connectivity index (χ2v) is 7.14. The number of nitrogens with one attached hydrogen (secondary N) is 4. The first-order chi connectivity index (χ1) is 14.3. The van der Waals surface area contributed by atoms with Crippen LogP contribution in [0.3, 0.4) is 0 Å². The molecular weight excluding hydrogens is 392 g/mol. The van der Waals surface area contributed by atoms with E-state index in [2.05, 4.69) is 25.9 Å². The summed E-state index contributed by atoms with van der Waals surface area (Å²) in [5, 5.41) is 17.0. The standard InChI is InChI=1S/C19H24N6O5/c1-11(17(28)29)9-21-15(26)10-25-16(27)14(24-19(25)30)7-4-8-20-18-22-12-5-2-3-6-13(12)23-18/h2-3,5-6,11,14H,4,7-10H2,1H3,(H,21,26)(H,24,30)(H,28,29)(H2,20,22,23). The Balaban J connectivity index is 1.41. The van der Waals surface area contributed by atoms with E-state index < -0.39 is 42.3 Å². The Hall–Kier alpha value is -3.63. The molecule has 1 aromatic carbocycles. The molecule has 30 heavy (non-hydrogen) atoms. The van der Waals surface area contributed by atoms with Crippen LogP contribution in [0.25, 0.3) is 11.0 Å². The van der Waals surface area contributed by atoms with E-state index in [1.807, 2.05) is 24.3 Å².